The summed E-state index contributed by atoms with van der Waals surface area (Å²) < 4.78 is 0. The van der Waals surface area contributed by atoms with Crippen molar-refractivity contribution in [3.63, 3.8) is 0 Å². The van der Waals surface area contributed by atoms with Crippen molar-refractivity contribution in [1.29, 1.82) is 0 Å². The molecule has 1 amide bonds. The van der Waals surface area contributed by atoms with Gasteiger partial charge in [-0.05, 0) is 19.1 Å². The maximum absolute atomic E-state index is 11.2. The lowest BCUT2D eigenvalue weighted by molar-refractivity contribution is -0.384. The lowest BCUT2D eigenvalue weighted by Crippen LogP contribution is -2.14. The summed E-state index contributed by atoms with van der Waals surface area (Å²) in [5.41, 5.74) is 0.0723. The Bertz CT molecular complexity index is 487. The Morgan fingerprint density at radius 2 is 2.12 bits per heavy atom. The molecule has 0 fully saturated rings. The number of nitrogens with one attached hydrogen (secondary N) is 1. The number of rotatable bonds is 4. The largest absolute Gasteiger partial charge is 0.326 e. The van der Waals surface area contributed by atoms with Gasteiger partial charge in [-0.3, -0.25) is 19.7 Å². The van der Waals surface area contributed by atoms with Crippen LogP contribution in [0.2, 0.25) is 5.02 Å². The van der Waals surface area contributed by atoms with E-state index < -0.39 is 10.8 Å². The van der Waals surface area contributed by atoms with E-state index in [1.807, 2.05) is 0 Å². The van der Waals surface area contributed by atoms with Crippen LogP contribution in [0, 0.1) is 10.1 Å². The second-order valence-corrected chi connectivity index (χ2v) is 3.76. The molecule has 6 nitrogen and oxygen atoms in total. The molecule has 0 aliphatic carbocycles. The molecule has 0 aromatic heterocycles. The molecule has 17 heavy (non-hydrogen) atoms. The fourth-order valence-corrected chi connectivity index (χ4v) is 1.41. The van der Waals surface area contributed by atoms with Crippen LogP contribution in [0.1, 0.15) is 13.3 Å². The number of nitro groups is 1. The first-order valence-electron chi connectivity index (χ1n) is 4.63. The van der Waals surface area contributed by atoms with Gasteiger partial charge in [0, 0.05) is 11.8 Å². The molecule has 0 spiro atoms. The standard InChI is InChI=1S/C10H9ClN2O4/c1-6(14)4-10(15)12-7-2-3-9(13(16)17)8(11)5-7/h2-3,5H,4H2,1H3,(H,12,15). The lowest BCUT2D eigenvalue weighted by Gasteiger charge is -2.04. The first-order valence-corrected chi connectivity index (χ1v) is 5.01. The Hall–Kier alpha value is -1.95. The van der Waals surface area contributed by atoms with E-state index in [1.54, 1.807) is 0 Å². The van der Waals surface area contributed by atoms with Gasteiger partial charge < -0.3 is 5.32 Å². The van der Waals surface area contributed by atoms with Crippen LogP contribution in [0.5, 0.6) is 0 Å². The van der Waals surface area contributed by atoms with E-state index in [1.165, 1.54) is 25.1 Å². The number of ketones is 1. The number of hydrogen-bond acceptors (Lipinski definition) is 4. The maximum atomic E-state index is 11.2. The Morgan fingerprint density at radius 1 is 1.47 bits per heavy atom. The molecule has 0 saturated heterocycles. The van der Waals surface area contributed by atoms with Crippen molar-refractivity contribution >= 4 is 34.7 Å². The third-order valence-electron chi connectivity index (χ3n) is 1.84. The molecule has 0 heterocycles. The number of carbonyl (C=O) groups excluding carboxylic acids is 2. The van der Waals surface area contributed by atoms with Gasteiger partial charge in [-0.15, -0.1) is 0 Å². The van der Waals surface area contributed by atoms with Crippen molar-refractivity contribution in [2.75, 3.05) is 5.32 Å². The second kappa shape index (κ2) is 5.40. The lowest BCUT2D eigenvalue weighted by atomic mass is 10.2. The van der Waals surface area contributed by atoms with Crippen molar-refractivity contribution < 1.29 is 14.5 Å². The van der Waals surface area contributed by atoms with Gasteiger partial charge in [0.05, 0.1) is 11.3 Å². The van der Waals surface area contributed by atoms with E-state index in [9.17, 15) is 19.7 Å². The highest BCUT2D eigenvalue weighted by molar-refractivity contribution is 6.33. The molecule has 0 radical (unpaired) electrons. The van der Waals surface area contributed by atoms with E-state index in [0.29, 0.717) is 5.69 Å². The molecular formula is C10H9ClN2O4. The molecule has 7 heteroatoms. The molecule has 90 valence electrons. The first-order chi connectivity index (χ1) is 7.90. The fourth-order valence-electron chi connectivity index (χ4n) is 1.16. The summed E-state index contributed by atoms with van der Waals surface area (Å²) in [5, 5.41) is 12.8. The van der Waals surface area contributed by atoms with Gasteiger partial charge in [0.25, 0.3) is 5.69 Å². The van der Waals surface area contributed by atoms with Gasteiger partial charge in [-0.1, -0.05) is 11.6 Å². The SMILES string of the molecule is CC(=O)CC(=O)Nc1ccc([N+](=O)[O-])c(Cl)c1. The number of Topliss-reactive ketones (excluding diaryl/α,β-unsaturated/α-hetero) is 1. The van der Waals surface area contributed by atoms with Gasteiger partial charge in [0.2, 0.25) is 5.91 Å². The summed E-state index contributed by atoms with van der Waals surface area (Å²) in [6, 6.07) is 3.80. The smallest absolute Gasteiger partial charge is 0.288 e. The maximum Gasteiger partial charge on any atom is 0.288 e. The number of nitrogens with zero attached hydrogens (tertiary/aromatic N) is 1. The third-order valence-corrected chi connectivity index (χ3v) is 2.14. The van der Waals surface area contributed by atoms with Crippen LogP contribution in [0.15, 0.2) is 18.2 Å². The summed E-state index contributed by atoms with van der Waals surface area (Å²) >= 11 is 5.65. The summed E-state index contributed by atoms with van der Waals surface area (Å²) in [7, 11) is 0. The predicted octanol–water partition coefficient (Wildman–Crippen LogP) is 2.17. The molecular weight excluding hydrogens is 248 g/mol. The average molecular weight is 257 g/mol. The molecule has 0 unspecified atom stereocenters. The van der Waals surface area contributed by atoms with E-state index >= 15 is 0 Å². The summed E-state index contributed by atoms with van der Waals surface area (Å²) in [4.78, 5) is 31.8. The normalized spacial score (nSPS) is 9.76. The predicted molar refractivity (Wildman–Crippen MR) is 62.0 cm³/mol. The Labute approximate surface area is 102 Å². The van der Waals surface area contributed by atoms with E-state index in [2.05, 4.69) is 5.32 Å². The number of anilines is 1. The first kappa shape index (κ1) is 13.1. The quantitative estimate of drug-likeness (QED) is 0.508. The second-order valence-electron chi connectivity index (χ2n) is 3.35. The van der Waals surface area contributed by atoms with Crippen LogP contribution in [0.25, 0.3) is 0 Å². The number of benzene rings is 1. The van der Waals surface area contributed by atoms with Crippen LogP contribution >= 0.6 is 11.6 Å². The Balaban J connectivity index is 2.81. The fraction of sp³-hybridized carbons (Fsp3) is 0.200. The average Bonchev–Trinajstić information content (AvgIpc) is 2.15. The molecule has 0 aliphatic heterocycles. The molecule has 0 bridgehead atoms. The van der Waals surface area contributed by atoms with Gasteiger partial charge >= 0.3 is 0 Å². The number of carbonyl (C=O) groups is 2. The van der Waals surface area contributed by atoms with E-state index in [0.717, 1.165) is 0 Å². The van der Waals surface area contributed by atoms with Crippen LogP contribution in [-0.2, 0) is 9.59 Å². The monoisotopic (exact) mass is 256 g/mol. The van der Waals surface area contributed by atoms with E-state index in [4.69, 9.17) is 11.6 Å². The molecule has 1 rings (SSSR count). The minimum Gasteiger partial charge on any atom is -0.326 e. The summed E-state index contributed by atoms with van der Waals surface area (Å²) in [6.07, 6.45) is -0.241. The molecule has 1 aromatic carbocycles. The van der Waals surface area contributed by atoms with Crippen molar-refractivity contribution in [1.82, 2.24) is 0 Å². The third kappa shape index (κ3) is 3.84. The number of amides is 1. The van der Waals surface area contributed by atoms with Gasteiger partial charge in [0.15, 0.2) is 0 Å². The van der Waals surface area contributed by atoms with Crippen molar-refractivity contribution in [3.05, 3.63) is 33.3 Å². The van der Waals surface area contributed by atoms with E-state index in [-0.39, 0.29) is 22.9 Å². The zero-order chi connectivity index (χ0) is 13.0. The van der Waals surface area contributed by atoms with Gasteiger partial charge in [-0.2, -0.15) is 0 Å². The molecule has 0 saturated carbocycles. The minimum atomic E-state index is -0.622. The number of halogens is 1. The molecule has 0 aliphatic rings. The molecule has 1 N–H and O–H groups in total. The van der Waals surface area contributed by atoms with Gasteiger partial charge in [-0.25, -0.2) is 0 Å². The van der Waals surface area contributed by atoms with Crippen molar-refractivity contribution in [2.45, 2.75) is 13.3 Å². The Kier molecular flexibility index (Phi) is 4.17. The number of nitro benzene ring substituents is 1. The zero-order valence-corrected chi connectivity index (χ0v) is 9.65. The highest BCUT2D eigenvalue weighted by Gasteiger charge is 2.13. The molecule has 0 atom stereocenters. The van der Waals surface area contributed by atoms with Crippen molar-refractivity contribution in [2.24, 2.45) is 0 Å². The Morgan fingerprint density at radius 3 is 2.59 bits per heavy atom. The summed E-state index contributed by atoms with van der Waals surface area (Å²) in [6.45, 7) is 1.29. The number of hydrogen-bond donors (Lipinski definition) is 1. The van der Waals surface area contributed by atoms with Crippen LogP contribution in [0.4, 0.5) is 11.4 Å². The highest BCUT2D eigenvalue weighted by Crippen LogP contribution is 2.27. The van der Waals surface area contributed by atoms with Crippen LogP contribution in [-0.4, -0.2) is 16.6 Å². The minimum absolute atomic E-state index is 0.0735. The zero-order valence-electron chi connectivity index (χ0n) is 8.90. The van der Waals surface area contributed by atoms with Crippen LogP contribution in [0.3, 0.4) is 0 Å². The highest BCUT2D eigenvalue weighted by atomic mass is 35.5. The topological polar surface area (TPSA) is 89.3 Å². The molecule has 1 aromatic rings. The van der Waals surface area contributed by atoms with Crippen LogP contribution < -0.4 is 5.32 Å². The summed E-state index contributed by atoms with van der Waals surface area (Å²) in [5.74, 6) is -0.752. The van der Waals surface area contributed by atoms with Crippen molar-refractivity contribution in [3.8, 4) is 0 Å². The van der Waals surface area contributed by atoms with Gasteiger partial charge in [0.1, 0.15) is 10.8 Å².